The number of ether oxygens (including phenoxy) is 1. The van der Waals surface area contributed by atoms with Gasteiger partial charge in [-0.2, -0.15) is 5.10 Å². The van der Waals surface area contributed by atoms with E-state index in [0.717, 1.165) is 51.2 Å². The Morgan fingerprint density at radius 1 is 1.14 bits per heavy atom. The Hall–Kier alpha value is -1.81. The number of benzene rings is 1. The van der Waals surface area contributed by atoms with Crippen molar-refractivity contribution in [2.75, 3.05) is 26.7 Å². The highest BCUT2D eigenvalue weighted by Crippen LogP contribution is 2.21. The Bertz CT molecular complexity index is 621. The lowest BCUT2D eigenvalue weighted by molar-refractivity contribution is 0.276. The maximum atomic E-state index is 5.34. The molecule has 1 aromatic carbocycles. The molecule has 4 heteroatoms. The molecule has 0 saturated carbocycles. The summed E-state index contributed by atoms with van der Waals surface area (Å²) in [6.07, 6.45) is 7.45. The fourth-order valence-corrected chi connectivity index (χ4v) is 3.14. The molecule has 1 aliphatic heterocycles. The molecular formula is C18H25N3O. The van der Waals surface area contributed by atoms with Crippen LogP contribution in [0.5, 0.6) is 5.75 Å². The topological polar surface area (TPSA) is 30.3 Å². The lowest BCUT2D eigenvalue weighted by Gasteiger charge is -2.19. The van der Waals surface area contributed by atoms with Crippen molar-refractivity contribution in [2.45, 2.75) is 32.7 Å². The number of methoxy groups -OCH3 is 1. The molecule has 0 amide bonds. The van der Waals surface area contributed by atoms with Gasteiger partial charge in [-0.25, -0.2) is 0 Å². The van der Waals surface area contributed by atoms with Crippen LogP contribution < -0.4 is 4.74 Å². The van der Waals surface area contributed by atoms with Gasteiger partial charge in [0, 0.05) is 25.8 Å². The van der Waals surface area contributed by atoms with Crippen molar-refractivity contribution in [3.63, 3.8) is 0 Å². The normalized spacial score (nSPS) is 15.4. The average molecular weight is 299 g/mol. The van der Waals surface area contributed by atoms with Gasteiger partial charge in [0.25, 0.3) is 0 Å². The first-order chi connectivity index (χ1) is 10.7. The fraction of sp³-hybridized carbons (Fsp3) is 0.500. The predicted molar refractivity (Wildman–Crippen MR) is 88.4 cm³/mol. The summed E-state index contributed by atoms with van der Waals surface area (Å²) in [6.45, 7) is 6.52. The second-order valence-corrected chi connectivity index (χ2v) is 6.11. The monoisotopic (exact) mass is 299 g/mol. The summed E-state index contributed by atoms with van der Waals surface area (Å²) in [5, 5.41) is 4.35. The molecule has 0 unspecified atom stereocenters. The van der Waals surface area contributed by atoms with E-state index in [9.17, 15) is 0 Å². The summed E-state index contributed by atoms with van der Waals surface area (Å²) < 4.78 is 7.39. The standard InChI is InChI=1S/C18H25N3O/c1-15-13-19-21(14-15)9-3-8-20-10-6-16-4-5-18(22-2)12-17(16)7-11-20/h4-5,12-14H,3,6-11H2,1-2H3. The van der Waals surface area contributed by atoms with E-state index in [1.807, 2.05) is 10.9 Å². The van der Waals surface area contributed by atoms with E-state index in [2.05, 4.69) is 41.3 Å². The zero-order valence-electron chi connectivity index (χ0n) is 13.6. The number of rotatable bonds is 5. The van der Waals surface area contributed by atoms with Crippen molar-refractivity contribution in [2.24, 2.45) is 0 Å². The number of fused-ring (bicyclic) bond motifs is 1. The fourth-order valence-electron chi connectivity index (χ4n) is 3.14. The summed E-state index contributed by atoms with van der Waals surface area (Å²) in [5.41, 5.74) is 4.16. The van der Waals surface area contributed by atoms with Crippen molar-refractivity contribution in [3.8, 4) is 5.75 Å². The van der Waals surface area contributed by atoms with Gasteiger partial charge in [-0.3, -0.25) is 4.68 Å². The first kappa shape index (κ1) is 15.1. The first-order valence-corrected chi connectivity index (χ1v) is 8.12. The summed E-state index contributed by atoms with van der Waals surface area (Å²) in [5.74, 6) is 0.973. The molecule has 0 bridgehead atoms. The van der Waals surface area contributed by atoms with E-state index in [0.29, 0.717) is 0 Å². The maximum absolute atomic E-state index is 5.34. The van der Waals surface area contributed by atoms with Gasteiger partial charge in [0.1, 0.15) is 5.75 Å². The van der Waals surface area contributed by atoms with Gasteiger partial charge < -0.3 is 9.64 Å². The molecule has 22 heavy (non-hydrogen) atoms. The molecule has 0 N–H and O–H groups in total. The SMILES string of the molecule is COc1ccc2c(c1)CCN(CCCn1cc(C)cn1)CC2. The van der Waals surface area contributed by atoms with E-state index < -0.39 is 0 Å². The Labute approximate surface area is 132 Å². The van der Waals surface area contributed by atoms with E-state index in [1.165, 1.54) is 16.7 Å². The van der Waals surface area contributed by atoms with Gasteiger partial charge in [-0.1, -0.05) is 6.07 Å². The van der Waals surface area contributed by atoms with Crippen LogP contribution in [0.3, 0.4) is 0 Å². The molecule has 0 fully saturated rings. The van der Waals surface area contributed by atoms with E-state index >= 15 is 0 Å². The van der Waals surface area contributed by atoms with Gasteiger partial charge >= 0.3 is 0 Å². The zero-order valence-corrected chi connectivity index (χ0v) is 13.6. The molecule has 1 aliphatic rings. The van der Waals surface area contributed by atoms with E-state index in [4.69, 9.17) is 4.74 Å². The third-order valence-electron chi connectivity index (χ3n) is 4.43. The molecular weight excluding hydrogens is 274 g/mol. The second-order valence-electron chi connectivity index (χ2n) is 6.11. The van der Waals surface area contributed by atoms with Gasteiger partial charge in [-0.15, -0.1) is 0 Å². The van der Waals surface area contributed by atoms with Crippen molar-refractivity contribution < 1.29 is 4.74 Å². The number of nitrogens with zero attached hydrogens (tertiary/aromatic N) is 3. The Morgan fingerprint density at radius 2 is 1.95 bits per heavy atom. The molecule has 2 heterocycles. The third-order valence-corrected chi connectivity index (χ3v) is 4.43. The molecule has 2 aromatic rings. The minimum Gasteiger partial charge on any atom is -0.497 e. The van der Waals surface area contributed by atoms with Crippen LogP contribution in [0.15, 0.2) is 30.6 Å². The summed E-state index contributed by atoms with van der Waals surface area (Å²) >= 11 is 0. The molecule has 0 saturated heterocycles. The Morgan fingerprint density at radius 3 is 2.68 bits per heavy atom. The van der Waals surface area contributed by atoms with Crippen LogP contribution in [0.25, 0.3) is 0 Å². The molecule has 0 radical (unpaired) electrons. The molecule has 118 valence electrons. The zero-order chi connectivity index (χ0) is 15.4. The van der Waals surface area contributed by atoms with Gasteiger partial charge in [0.2, 0.25) is 0 Å². The third kappa shape index (κ3) is 3.69. The summed E-state index contributed by atoms with van der Waals surface area (Å²) in [7, 11) is 1.74. The predicted octanol–water partition coefficient (Wildman–Crippen LogP) is 2.69. The van der Waals surface area contributed by atoms with Crippen molar-refractivity contribution in [1.82, 2.24) is 14.7 Å². The van der Waals surface area contributed by atoms with Crippen LogP contribution >= 0.6 is 0 Å². The van der Waals surface area contributed by atoms with Crippen LogP contribution in [-0.2, 0) is 19.4 Å². The number of hydrogen-bond donors (Lipinski definition) is 0. The van der Waals surface area contributed by atoms with Gasteiger partial charge in [0.15, 0.2) is 0 Å². The maximum Gasteiger partial charge on any atom is 0.119 e. The van der Waals surface area contributed by atoms with Crippen molar-refractivity contribution in [3.05, 3.63) is 47.3 Å². The summed E-state index contributed by atoms with van der Waals surface area (Å²) in [4.78, 5) is 2.57. The highest BCUT2D eigenvalue weighted by atomic mass is 16.5. The molecule has 3 rings (SSSR count). The van der Waals surface area contributed by atoms with E-state index in [-0.39, 0.29) is 0 Å². The number of aromatic nitrogens is 2. The average Bonchev–Trinajstić information content (AvgIpc) is 2.84. The molecule has 0 spiro atoms. The summed E-state index contributed by atoms with van der Waals surface area (Å²) in [6, 6.07) is 6.50. The molecule has 1 aromatic heterocycles. The second kappa shape index (κ2) is 6.97. The largest absolute Gasteiger partial charge is 0.497 e. The van der Waals surface area contributed by atoms with Crippen LogP contribution in [-0.4, -0.2) is 41.4 Å². The molecule has 0 atom stereocenters. The lowest BCUT2D eigenvalue weighted by atomic mass is 10.0. The highest BCUT2D eigenvalue weighted by molar-refractivity contribution is 5.36. The van der Waals surface area contributed by atoms with Gasteiger partial charge in [0.05, 0.1) is 13.3 Å². The first-order valence-electron chi connectivity index (χ1n) is 8.12. The smallest absolute Gasteiger partial charge is 0.119 e. The van der Waals surface area contributed by atoms with Gasteiger partial charge in [-0.05, 0) is 61.6 Å². The Kier molecular flexibility index (Phi) is 4.78. The van der Waals surface area contributed by atoms with Crippen LogP contribution in [0.4, 0.5) is 0 Å². The van der Waals surface area contributed by atoms with Crippen LogP contribution in [0.2, 0.25) is 0 Å². The molecule has 0 aliphatic carbocycles. The quantitative estimate of drug-likeness (QED) is 0.850. The highest BCUT2D eigenvalue weighted by Gasteiger charge is 2.14. The lowest BCUT2D eigenvalue weighted by Crippen LogP contribution is -2.28. The molecule has 4 nitrogen and oxygen atoms in total. The van der Waals surface area contributed by atoms with Crippen molar-refractivity contribution in [1.29, 1.82) is 0 Å². The number of aryl methyl sites for hydroxylation is 2. The van der Waals surface area contributed by atoms with Crippen LogP contribution in [0.1, 0.15) is 23.1 Å². The minimum absolute atomic E-state index is 0.973. The number of hydrogen-bond acceptors (Lipinski definition) is 3. The Balaban J connectivity index is 1.51. The van der Waals surface area contributed by atoms with E-state index in [1.54, 1.807) is 7.11 Å². The minimum atomic E-state index is 0.973. The van der Waals surface area contributed by atoms with Crippen molar-refractivity contribution >= 4 is 0 Å². The van der Waals surface area contributed by atoms with Crippen LogP contribution in [0, 0.1) is 6.92 Å².